The van der Waals surface area contributed by atoms with E-state index >= 15 is 0 Å². The molecular formula is C38H46ClF3N4O6. The van der Waals surface area contributed by atoms with E-state index in [4.69, 9.17) is 21.2 Å². The van der Waals surface area contributed by atoms with Crippen LogP contribution in [0.5, 0.6) is 0 Å². The van der Waals surface area contributed by atoms with E-state index < -0.39 is 70.4 Å². The number of hydroxylamine groups is 1. The highest BCUT2D eigenvalue weighted by molar-refractivity contribution is 6.31. The van der Waals surface area contributed by atoms with Gasteiger partial charge in [-0.2, -0.15) is 13.2 Å². The number of carbonyl (C=O) groups excluding carboxylic acids is 4. The molecule has 0 spiro atoms. The molecule has 3 fully saturated rings. The number of carbonyl (C=O) groups is 4. The topological polar surface area (TPSA) is 126 Å². The van der Waals surface area contributed by atoms with Crippen molar-refractivity contribution in [2.24, 2.45) is 29.1 Å². The van der Waals surface area contributed by atoms with Crippen LogP contribution in [0.25, 0.3) is 0 Å². The van der Waals surface area contributed by atoms with Crippen LogP contribution in [0.1, 0.15) is 82.9 Å². The van der Waals surface area contributed by atoms with Crippen LogP contribution >= 0.6 is 11.6 Å². The molecule has 1 unspecified atom stereocenters. The Balaban J connectivity index is 1.23. The van der Waals surface area contributed by atoms with Crippen LogP contribution in [-0.4, -0.2) is 52.9 Å². The van der Waals surface area contributed by atoms with E-state index in [2.05, 4.69) is 16.1 Å². The molecule has 52 heavy (non-hydrogen) atoms. The van der Waals surface area contributed by atoms with Crippen LogP contribution in [0, 0.1) is 29.1 Å². The van der Waals surface area contributed by atoms with Crippen LogP contribution < -0.4 is 16.1 Å². The number of benzene rings is 2. The van der Waals surface area contributed by atoms with E-state index in [-0.39, 0.29) is 31.0 Å². The van der Waals surface area contributed by atoms with Gasteiger partial charge in [0.05, 0.1) is 30.7 Å². The zero-order valence-corrected chi connectivity index (χ0v) is 30.5. The van der Waals surface area contributed by atoms with Crippen molar-refractivity contribution in [3.63, 3.8) is 0 Å². The van der Waals surface area contributed by atoms with Gasteiger partial charge >= 0.3 is 12.3 Å². The fourth-order valence-electron chi connectivity index (χ4n) is 7.52. The van der Waals surface area contributed by atoms with E-state index in [1.54, 1.807) is 32.9 Å². The lowest BCUT2D eigenvalue weighted by atomic mass is 9.77. The molecule has 3 saturated carbocycles. The average molecular weight is 747 g/mol. The van der Waals surface area contributed by atoms with E-state index in [9.17, 15) is 32.3 Å². The predicted molar refractivity (Wildman–Crippen MR) is 187 cm³/mol. The Labute approximate surface area is 306 Å². The SMILES string of the molecule is CC[C@@H]1C[C@]1(NC(=O)[C@@H]1C[C@@H](OC(=O)N2Cc3cccc(Cl)c3C2)CC1C(=O)[C@@H](Nc1cccc(C(F)(F)F)c1)C(C)(C)C)C(=O)NOCC1CC1. The number of ether oxygens (including phenoxy) is 1. The highest BCUT2D eigenvalue weighted by Crippen LogP contribution is 2.48. The summed E-state index contributed by atoms with van der Waals surface area (Å²) in [5.74, 6) is -3.09. The number of amides is 3. The second-order valence-electron chi connectivity index (χ2n) is 15.8. The molecule has 0 radical (unpaired) electrons. The lowest BCUT2D eigenvalue weighted by Crippen LogP contribution is -2.53. The lowest BCUT2D eigenvalue weighted by Gasteiger charge is -2.34. The fourth-order valence-corrected chi connectivity index (χ4v) is 7.78. The summed E-state index contributed by atoms with van der Waals surface area (Å²) in [4.78, 5) is 62.6. The zero-order valence-electron chi connectivity index (χ0n) is 29.8. The molecule has 0 aromatic heterocycles. The first-order chi connectivity index (χ1) is 24.5. The molecule has 1 aliphatic heterocycles. The normalized spacial score (nSPS) is 26.0. The molecule has 1 heterocycles. The molecule has 3 amide bonds. The highest BCUT2D eigenvalue weighted by Gasteiger charge is 2.61. The number of nitrogens with zero attached hydrogens (tertiary/aromatic N) is 1. The summed E-state index contributed by atoms with van der Waals surface area (Å²) >= 11 is 6.36. The highest BCUT2D eigenvalue weighted by atomic mass is 35.5. The number of fused-ring (bicyclic) bond motifs is 1. The number of anilines is 1. The Bertz CT molecular complexity index is 1710. The second kappa shape index (κ2) is 14.5. The van der Waals surface area contributed by atoms with Gasteiger partial charge in [-0.15, -0.1) is 0 Å². The summed E-state index contributed by atoms with van der Waals surface area (Å²) in [6.45, 7) is 8.20. The first-order valence-electron chi connectivity index (χ1n) is 17.9. The molecule has 0 saturated heterocycles. The Morgan fingerprint density at radius 2 is 1.73 bits per heavy atom. The summed E-state index contributed by atoms with van der Waals surface area (Å²) in [7, 11) is 0. The summed E-state index contributed by atoms with van der Waals surface area (Å²) in [5, 5.41) is 6.52. The summed E-state index contributed by atoms with van der Waals surface area (Å²) in [5.41, 5.74) is 1.46. The third-order valence-electron chi connectivity index (χ3n) is 10.9. The monoisotopic (exact) mass is 746 g/mol. The molecule has 0 bridgehead atoms. The maximum Gasteiger partial charge on any atom is 0.416 e. The lowest BCUT2D eigenvalue weighted by molar-refractivity contribution is -0.142. The van der Waals surface area contributed by atoms with Crippen LogP contribution in [-0.2, 0) is 43.2 Å². The largest absolute Gasteiger partial charge is 0.446 e. The first-order valence-corrected chi connectivity index (χ1v) is 18.3. The molecule has 6 rings (SSSR count). The van der Waals surface area contributed by atoms with Crippen molar-refractivity contribution in [2.75, 3.05) is 11.9 Å². The van der Waals surface area contributed by atoms with E-state index in [1.165, 1.54) is 17.0 Å². The summed E-state index contributed by atoms with van der Waals surface area (Å²) in [6, 6.07) is 9.04. The molecule has 2 aromatic carbocycles. The standard InChI is InChI=1S/C38H46ClF3N4O6/c1-5-23-17-37(23,34(49)45-51-20-21-12-13-21)44-33(48)28-16-26(52-35(50)46-18-22-8-6-11-30(39)29(22)19-46)15-27(28)31(47)32(36(2,3)4)43-25-10-7-9-24(14-25)38(40,41)42/h6-11,14,21,23,26-28,32,43H,5,12-13,15-20H2,1-4H3,(H,44,48)(H,45,49)/t23-,26+,27?,28-,32-,37-/m1/s1. The molecule has 282 valence electrons. The van der Waals surface area contributed by atoms with Gasteiger partial charge in [-0.25, -0.2) is 10.3 Å². The zero-order chi connectivity index (χ0) is 37.6. The van der Waals surface area contributed by atoms with Crippen molar-refractivity contribution in [3.8, 4) is 0 Å². The van der Waals surface area contributed by atoms with Gasteiger partial charge in [0.1, 0.15) is 11.6 Å². The predicted octanol–water partition coefficient (Wildman–Crippen LogP) is 7.04. The molecule has 3 N–H and O–H groups in total. The third-order valence-corrected chi connectivity index (χ3v) is 11.2. The van der Waals surface area contributed by atoms with Gasteiger partial charge in [0.25, 0.3) is 5.91 Å². The Kier molecular flexibility index (Phi) is 10.6. The Morgan fingerprint density at radius 3 is 2.37 bits per heavy atom. The van der Waals surface area contributed by atoms with Gasteiger partial charge in [-0.3, -0.25) is 24.1 Å². The number of hydrogen-bond donors (Lipinski definition) is 3. The van der Waals surface area contributed by atoms with Gasteiger partial charge in [-0.1, -0.05) is 63.9 Å². The van der Waals surface area contributed by atoms with Crippen molar-refractivity contribution in [2.45, 2.75) is 103 Å². The molecule has 10 nitrogen and oxygen atoms in total. The molecule has 2 aromatic rings. The summed E-state index contributed by atoms with van der Waals surface area (Å²) < 4.78 is 46.7. The van der Waals surface area contributed by atoms with Crippen molar-refractivity contribution in [1.82, 2.24) is 15.7 Å². The fraction of sp³-hybridized carbons (Fsp3) is 0.579. The third kappa shape index (κ3) is 8.20. The second-order valence-corrected chi connectivity index (χ2v) is 16.2. The maximum absolute atomic E-state index is 14.6. The van der Waals surface area contributed by atoms with Crippen LogP contribution in [0.4, 0.5) is 23.7 Å². The molecule has 6 atom stereocenters. The van der Waals surface area contributed by atoms with Gasteiger partial charge in [0.2, 0.25) is 5.91 Å². The van der Waals surface area contributed by atoms with Gasteiger partial charge in [-0.05, 0) is 84.7 Å². The minimum atomic E-state index is -4.59. The number of ketones is 1. The van der Waals surface area contributed by atoms with E-state index in [0.29, 0.717) is 36.9 Å². The van der Waals surface area contributed by atoms with Crippen molar-refractivity contribution < 1.29 is 41.9 Å². The molecule has 4 aliphatic rings. The minimum Gasteiger partial charge on any atom is -0.446 e. The van der Waals surface area contributed by atoms with Gasteiger partial charge in [0, 0.05) is 23.2 Å². The number of hydrogen-bond acceptors (Lipinski definition) is 7. The Morgan fingerprint density at radius 1 is 1.02 bits per heavy atom. The molecule has 14 heteroatoms. The van der Waals surface area contributed by atoms with Crippen molar-refractivity contribution >= 4 is 41.0 Å². The first kappa shape index (κ1) is 37.9. The van der Waals surface area contributed by atoms with Crippen molar-refractivity contribution in [1.29, 1.82) is 0 Å². The average Bonchev–Trinajstić information content (AvgIpc) is 3.94. The smallest absolute Gasteiger partial charge is 0.416 e. The number of nitrogens with one attached hydrogen (secondary N) is 3. The number of alkyl halides is 3. The van der Waals surface area contributed by atoms with Crippen LogP contribution in [0.2, 0.25) is 5.02 Å². The number of Topliss-reactive ketones (excluding diaryl/α,β-unsaturated/α-hetero) is 1. The van der Waals surface area contributed by atoms with Gasteiger partial charge < -0.3 is 15.4 Å². The van der Waals surface area contributed by atoms with Crippen LogP contribution in [0.3, 0.4) is 0 Å². The summed E-state index contributed by atoms with van der Waals surface area (Å²) in [6.07, 6.45) is -2.89. The Hall–Kier alpha value is -3.84. The van der Waals surface area contributed by atoms with E-state index in [1.807, 2.05) is 13.0 Å². The number of rotatable bonds is 12. The number of halogens is 4. The minimum absolute atomic E-state index is 0.0158. The van der Waals surface area contributed by atoms with E-state index in [0.717, 1.165) is 36.1 Å². The molecule has 3 aliphatic carbocycles. The van der Waals surface area contributed by atoms with Crippen molar-refractivity contribution in [3.05, 3.63) is 64.2 Å². The quantitative estimate of drug-likeness (QED) is 0.199. The van der Waals surface area contributed by atoms with Crippen LogP contribution in [0.15, 0.2) is 42.5 Å². The molecular weight excluding hydrogens is 701 g/mol. The maximum atomic E-state index is 14.6. The van der Waals surface area contributed by atoms with Gasteiger partial charge in [0.15, 0.2) is 5.78 Å².